The monoisotopic (exact) mass is 412 g/mol. The number of thioether (sulfide) groups is 1. The molecular weight excluding hydrogens is 388 g/mol. The molecule has 3 rings (SSSR count). The standard InChI is InChI=1S/C21H24N4O3S/c1-5-14-6-8-15(9-7-14)19-23-21(25-24-19)29-13(2)20(26)22-16-10-17(27-3)12-18(11-16)28-4/h6-13H,5H2,1-4H3,(H,22,26)(H,23,24,25). The first-order valence-corrected chi connectivity index (χ1v) is 10.1. The lowest BCUT2D eigenvalue weighted by Gasteiger charge is -2.12. The number of aryl methyl sites for hydroxylation is 1. The number of nitrogens with zero attached hydrogens (tertiary/aromatic N) is 2. The Morgan fingerprint density at radius 3 is 2.38 bits per heavy atom. The summed E-state index contributed by atoms with van der Waals surface area (Å²) in [6, 6.07) is 13.4. The van der Waals surface area contributed by atoms with Crippen molar-refractivity contribution in [1.29, 1.82) is 0 Å². The van der Waals surface area contributed by atoms with E-state index in [0.717, 1.165) is 12.0 Å². The highest BCUT2D eigenvalue weighted by Crippen LogP contribution is 2.28. The summed E-state index contributed by atoms with van der Waals surface area (Å²) in [5.74, 6) is 1.73. The van der Waals surface area contributed by atoms with Gasteiger partial charge in [0.05, 0.1) is 19.5 Å². The smallest absolute Gasteiger partial charge is 0.237 e. The van der Waals surface area contributed by atoms with Gasteiger partial charge in [-0.1, -0.05) is 43.0 Å². The molecule has 7 nitrogen and oxygen atoms in total. The summed E-state index contributed by atoms with van der Waals surface area (Å²) >= 11 is 1.29. The average molecular weight is 413 g/mol. The third-order valence-electron chi connectivity index (χ3n) is 4.37. The van der Waals surface area contributed by atoms with E-state index in [0.29, 0.717) is 28.2 Å². The molecular formula is C21H24N4O3S. The zero-order valence-electron chi connectivity index (χ0n) is 16.9. The van der Waals surface area contributed by atoms with Crippen molar-refractivity contribution >= 4 is 23.4 Å². The average Bonchev–Trinajstić information content (AvgIpc) is 3.21. The minimum Gasteiger partial charge on any atom is -0.497 e. The van der Waals surface area contributed by atoms with Gasteiger partial charge in [-0.2, -0.15) is 0 Å². The molecule has 152 valence electrons. The highest BCUT2D eigenvalue weighted by molar-refractivity contribution is 8.00. The fourth-order valence-corrected chi connectivity index (χ4v) is 3.39. The quantitative estimate of drug-likeness (QED) is 0.540. The van der Waals surface area contributed by atoms with Gasteiger partial charge in [0, 0.05) is 29.4 Å². The molecule has 0 saturated heterocycles. The molecule has 1 unspecified atom stereocenters. The van der Waals surface area contributed by atoms with Gasteiger partial charge >= 0.3 is 0 Å². The van der Waals surface area contributed by atoms with Crippen molar-refractivity contribution in [3.8, 4) is 22.9 Å². The Kier molecular flexibility index (Phi) is 6.77. The minimum absolute atomic E-state index is 0.163. The first kappa shape index (κ1) is 20.7. The van der Waals surface area contributed by atoms with Gasteiger partial charge in [0.2, 0.25) is 11.1 Å². The predicted molar refractivity (Wildman–Crippen MR) is 115 cm³/mol. The number of aromatic amines is 1. The number of benzene rings is 2. The predicted octanol–water partition coefficient (Wildman–Crippen LogP) is 4.17. The third kappa shape index (κ3) is 5.29. The van der Waals surface area contributed by atoms with Crippen molar-refractivity contribution in [3.05, 3.63) is 48.0 Å². The second kappa shape index (κ2) is 9.47. The lowest BCUT2D eigenvalue weighted by Crippen LogP contribution is -2.22. The molecule has 0 aliphatic rings. The second-order valence-corrected chi connectivity index (χ2v) is 7.68. The molecule has 2 aromatic carbocycles. The summed E-state index contributed by atoms with van der Waals surface area (Å²) in [4.78, 5) is 17.1. The zero-order valence-corrected chi connectivity index (χ0v) is 17.7. The van der Waals surface area contributed by atoms with Crippen LogP contribution in [0, 0.1) is 0 Å². The number of methoxy groups -OCH3 is 2. The Labute approximate surface area is 174 Å². The molecule has 8 heteroatoms. The van der Waals surface area contributed by atoms with Crippen LogP contribution in [-0.2, 0) is 11.2 Å². The maximum absolute atomic E-state index is 12.6. The number of anilines is 1. The van der Waals surface area contributed by atoms with Crippen LogP contribution in [0.5, 0.6) is 11.5 Å². The summed E-state index contributed by atoms with van der Waals surface area (Å²) in [7, 11) is 3.13. The molecule has 0 bridgehead atoms. The van der Waals surface area contributed by atoms with E-state index in [1.807, 2.05) is 19.1 Å². The van der Waals surface area contributed by atoms with Crippen LogP contribution in [0.2, 0.25) is 0 Å². The van der Waals surface area contributed by atoms with E-state index in [2.05, 4.69) is 39.6 Å². The molecule has 1 aromatic heterocycles. The molecule has 1 atom stereocenters. The Hall–Kier alpha value is -3.00. The van der Waals surface area contributed by atoms with Gasteiger partial charge in [-0.05, 0) is 18.9 Å². The lowest BCUT2D eigenvalue weighted by molar-refractivity contribution is -0.115. The first-order chi connectivity index (χ1) is 14.0. The number of H-pyrrole nitrogens is 1. The fourth-order valence-electron chi connectivity index (χ4n) is 2.66. The lowest BCUT2D eigenvalue weighted by atomic mass is 10.1. The summed E-state index contributed by atoms with van der Waals surface area (Å²) in [6.07, 6.45) is 0.990. The van der Waals surface area contributed by atoms with Crippen LogP contribution in [0.4, 0.5) is 5.69 Å². The number of carbonyl (C=O) groups is 1. The molecule has 3 aromatic rings. The Bertz CT molecular complexity index is 950. The second-order valence-electron chi connectivity index (χ2n) is 6.37. The fraction of sp³-hybridized carbons (Fsp3) is 0.286. The highest BCUT2D eigenvalue weighted by atomic mass is 32.2. The summed E-state index contributed by atoms with van der Waals surface area (Å²) in [5, 5.41) is 10.2. The molecule has 29 heavy (non-hydrogen) atoms. The van der Waals surface area contributed by atoms with Gasteiger partial charge in [0.25, 0.3) is 0 Å². The molecule has 0 fully saturated rings. The van der Waals surface area contributed by atoms with Crippen molar-refractivity contribution in [1.82, 2.24) is 15.2 Å². The summed E-state index contributed by atoms with van der Waals surface area (Å²) in [5.41, 5.74) is 2.83. The number of carbonyl (C=O) groups excluding carboxylic acids is 1. The van der Waals surface area contributed by atoms with Crippen LogP contribution >= 0.6 is 11.8 Å². The van der Waals surface area contributed by atoms with Gasteiger partial charge in [-0.3, -0.25) is 9.89 Å². The Morgan fingerprint density at radius 2 is 1.79 bits per heavy atom. The third-order valence-corrected chi connectivity index (χ3v) is 5.33. The van der Waals surface area contributed by atoms with Crippen LogP contribution in [-0.4, -0.2) is 40.6 Å². The van der Waals surface area contributed by atoms with Crippen LogP contribution in [0.1, 0.15) is 19.4 Å². The number of nitrogens with one attached hydrogen (secondary N) is 2. The van der Waals surface area contributed by atoms with Gasteiger partial charge in [0.1, 0.15) is 11.5 Å². The largest absolute Gasteiger partial charge is 0.497 e. The maximum atomic E-state index is 12.6. The normalized spacial score (nSPS) is 11.7. The number of amides is 1. The van der Waals surface area contributed by atoms with Crippen LogP contribution < -0.4 is 14.8 Å². The van der Waals surface area contributed by atoms with E-state index >= 15 is 0 Å². The Morgan fingerprint density at radius 1 is 1.14 bits per heavy atom. The molecule has 0 spiro atoms. The molecule has 1 amide bonds. The van der Waals surface area contributed by atoms with Crippen molar-refractivity contribution in [2.45, 2.75) is 30.7 Å². The number of aromatic nitrogens is 3. The Balaban J connectivity index is 1.65. The summed E-state index contributed by atoms with van der Waals surface area (Å²) < 4.78 is 10.5. The van der Waals surface area contributed by atoms with E-state index < -0.39 is 5.25 Å². The van der Waals surface area contributed by atoms with E-state index in [-0.39, 0.29) is 5.91 Å². The van der Waals surface area contributed by atoms with Crippen molar-refractivity contribution in [2.24, 2.45) is 0 Å². The number of hydrogen-bond donors (Lipinski definition) is 2. The number of ether oxygens (including phenoxy) is 2. The zero-order chi connectivity index (χ0) is 20.8. The van der Waals surface area contributed by atoms with Crippen LogP contribution in [0.15, 0.2) is 47.6 Å². The molecule has 1 heterocycles. The molecule has 0 aliphatic carbocycles. The van der Waals surface area contributed by atoms with Gasteiger partial charge in [-0.15, -0.1) is 5.10 Å². The van der Waals surface area contributed by atoms with E-state index in [1.165, 1.54) is 17.3 Å². The molecule has 0 aliphatic heterocycles. The van der Waals surface area contributed by atoms with Gasteiger partial charge in [0.15, 0.2) is 5.82 Å². The number of hydrogen-bond acceptors (Lipinski definition) is 6. The SMILES string of the molecule is CCc1ccc(-c2nc(SC(C)C(=O)Nc3cc(OC)cc(OC)c3)n[nH]2)cc1. The summed E-state index contributed by atoms with van der Waals surface area (Å²) in [6.45, 7) is 3.93. The first-order valence-electron chi connectivity index (χ1n) is 9.24. The van der Waals surface area contributed by atoms with Gasteiger partial charge in [-0.25, -0.2) is 4.98 Å². The van der Waals surface area contributed by atoms with E-state index in [1.54, 1.807) is 32.4 Å². The molecule has 0 radical (unpaired) electrons. The van der Waals surface area contributed by atoms with E-state index in [9.17, 15) is 4.79 Å². The van der Waals surface area contributed by atoms with Crippen LogP contribution in [0.3, 0.4) is 0 Å². The highest BCUT2D eigenvalue weighted by Gasteiger charge is 2.18. The topological polar surface area (TPSA) is 89.1 Å². The van der Waals surface area contributed by atoms with Crippen LogP contribution in [0.25, 0.3) is 11.4 Å². The minimum atomic E-state index is -0.390. The maximum Gasteiger partial charge on any atom is 0.237 e. The van der Waals surface area contributed by atoms with Gasteiger partial charge < -0.3 is 14.8 Å². The molecule has 2 N–H and O–H groups in total. The molecule has 0 saturated carbocycles. The van der Waals surface area contributed by atoms with Crippen molar-refractivity contribution in [3.63, 3.8) is 0 Å². The van der Waals surface area contributed by atoms with Crippen molar-refractivity contribution in [2.75, 3.05) is 19.5 Å². The van der Waals surface area contributed by atoms with E-state index in [4.69, 9.17) is 9.47 Å². The van der Waals surface area contributed by atoms with Crippen molar-refractivity contribution < 1.29 is 14.3 Å². The number of rotatable bonds is 8.